The Labute approximate surface area is 366 Å². The van der Waals surface area contributed by atoms with Crippen LogP contribution in [0.5, 0.6) is 11.5 Å². The van der Waals surface area contributed by atoms with Gasteiger partial charge in [-0.2, -0.15) is 12.6 Å². The summed E-state index contributed by atoms with van der Waals surface area (Å²) < 4.78 is 0. The lowest BCUT2D eigenvalue weighted by atomic mass is 9.96. The molecule has 62 heavy (non-hydrogen) atoms. The molecular formula is C44H59N7O10S. The molecule has 0 saturated heterocycles. The Bertz CT molecular complexity index is 1950. The van der Waals surface area contributed by atoms with Crippen molar-refractivity contribution in [1.29, 1.82) is 0 Å². The number of hydrogen-bond acceptors (Lipinski definition) is 11. The van der Waals surface area contributed by atoms with Crippen molar-refractivity contribution in [2.75, 3.05) is 12.3 Å². The number of aliphatic carboxylic acids is 1. The van der Waals surface area contributed by atoms with Crippen LogP contribution in [0.3, 0.4) is 0 Å². The number of phenolic OH excluding ortho intramolecular Hbond substituents is 2. The molecule has 3 aromatic rings. The normalized spacial score (nSPS) is 14.3. The predicted molar refractivity (Wildman–Crippen MR) is 235 cm³/mol. The van der Waals surface area contributed by atoms with Gasteiger partial charge in [-0.05, 0) is 72.7 Å². The Morgan fingerprint density at radius 2 is 1.02 bits per heavy atom. The summed E-state index contributed by atoms with van der Waals surface area (Å²) in [5, 5.41) is 45.5. The average Bonchev–Trinajstić information content (AvgIpc) is 3.24. The van der Waals surface area contributed by atoms with Crippen molar-refractivity contribution in [1.82, 2.24) is 31.9 Å². The van der Waals surface area contributed by atoms with E-state index in [0.717, 1.165) is 0 Å². The van der Waals surface area contributed by atoms with Crippen molar-refractivity contribution in [3.63, 3.8) is 0 Å². The molecule has 0 fully saturated rings. The second kappa shape index (κ2) is 25.6. The SMILES string of the molecule is CC[C@H](C)[C@H](NC(=O)[C@H](CS)NC(C)=O)C(=O)N[C@@H](Cc1ccc(O)cc1)C(=O)N[C@@H](CCCCN)C(=O)N[C@@H](Cc1ccccc1)C(=O)N[C@@H](Cc1ccc(O)cc1)C(=O)O. The summed E-state index contributed by atoms with van der Waals surface area (Å²) in [5.74, 6) is -6.02. The van der Waals surface area contributed by atoms with E-state index in [9.17, 15) is 48.9 Å². The lowest BCUT2D eigenvalue weighted by molar-refractivity contribution is -0.142. The number of nitrogens with one attached hydrogen (secondary N) is 6. The van der Waals surface area contributed by atoms with E-state index in [4.69, 9.17) is 5.73 Å². The van der Waals surface area contributed by atoms with E-state index in [1.807, 2.05) is 6.92 Å². The van der Waals surface area contributed by atoms with Crippen molar-refractivity contribution < 1.29 is 48.9 Å². The van der Waals surface area contributed by atoms with Gasteiger partial charge in [0.1, 0.15) is 47.8 Å². The van der Waals surface area contributed by atoms with Crippen LogP contribution in [0.2, 0.25) is 0 Å². The molecule has 0 heterocycles. The minimum absolute atomic E-state index is 0.0147. The third kappa shape index (κ3) is 16.7. The molecule has 17 nitrogen and oxygen atoms in total. The smallest absolute Gasteiger partial charge is 0.326 e. The first-order chi connectivity index (χ1) is 29.5. The van der Waals surface area contributed by atoms with Gasteiger partial charge in [-0.1, -0.05) is 74.9 Å². The number of nitrogens with two attached hydrogens (primary N) is 1. The number of amides is 6. The molecule has 3 aromatic carbocycles. The fourth-order valence-electron chi connectivity index (χ4n) is 6.44. The predicted octanol–water partition coefficient (Wildman–Crippen LogP) is 1.24. The summed E-state index contributed by atoms with van der Waals surface area (Å²) in [6.45, 7) is 5.08. The lowest BCUT2D eigenvalue weighted by Crippen LogP contribution is -2.61. The second-order valence-corrected chi connectivity index (χ2v) is 15.5. The molecule has 6 amide bonds. The second-order valence-electron chi connectivity index (χ2n) is 15.1. The van der Waals surface area contributed by atoms with Gasteiger partial charge in [-0.25, -0.2) is 4.79 Å². The Morgan fingerprint density at radius 1 is 0.581 bits per heavy atom. The molecule has 0 unspecified atom stereocenters. The number of rotatable bonds is 25. The summed E-state index contributed by atoms with van der Waals surface area (Å²) >= 11 is 4.16. The van der Waals surface area contributed by atoms with Gasteiger partial charge in [-0.3, -0.25) is 28.8 Å². The summed E-state index contributed by atoms with van der Waals surface area (Å²) in [5.41, 5.74) is 7.48. The van der Waals surface area contributed by atoms with Crippen molar-refractivity contribution >= 4 is 54.0 Å². The highest BCUT2D eigenvalue weighted by molar-refractivity contribution is 7.80. The molecule has 0 spiro atoms. The zero-order valence-electron chi connectivity index (χ0n) is 35.1. The molecule has 3 rings (SSSR count). The van der Waals surface area contributed by atoms with Crippen LogP contribution < -0.4 is 37.6 Å². The van der Waals surface area contributed by atoms with Gasteiger partial charge in [0.15, 0.2) is 0 Å². The van der Waals surface area contributed by atoms with Crippen molar-refractivity contribution in [3.8, 4) is 11.5 Å². The summed E-state index contributed by atoms with van der Waals surface area (Å²) in [6.07, 6.45) is 1.14. The average molecular weight is 878 g/mol. The molecule has 0 bridgehead atoms. The number of thiol groups is 1. The van der Waals surface area contributed by atoms with Gasteiger partial charge >= 0.3 is 5.97 Å². The van der Waals surface area contributed by atoms with E-state index < -0.39 is 83.6 Å². The monoisotopic (exact) mass is 877 g/mol. The third-order valence-corrected chi connectivity index (χ3v) is 10.5. The lowest BCUT2D eigenvalue weighted by Gasteiger charge is -2.29. The Balaban J connectivity index is 1.94. The number of unbranched alkanes of at least 4 members (excludes halogenated alkanes) is 1. The number of carboxylic acids is 1. The Morgan fingerprint density at radius 3 is 1.48 bits per heavy atom. The first kappa shape index (κ1) is 50.2. The molecular weight excluding hydrogens is 819 g/mol. The van der Waals surface area contributed by atoms with Crippen LogP contribution in [0.4, 0.5) is 0 Å². The maximum atomic E-state index is 14.3. The number of hydrogen-bond donors (Lipinski definition) is 11. The molecule has 18 heteroatoms. The summed E-state index contributed by atoms with van der Waals surface area (Å²) in [7, 11) is 0. The zero-order chi connectivity index (χ0) is 45.8. The molecule has 0 aliphatic carbocycles. The number of carbonyl (C=O) groups is 7. The van der Waals surface area contributed by atoms with Crippen LogP contribution in [0.25, 0.3) is 0 Å². The number of aromatic hydroxyl groups is 2. The van der Waals surface area contributed by atoms with E-state index in [-0.39, 0.29) is 49.5 Å². The van der Waals surface area contributed by atoms with Crippen LogP contribution in [0, 0.1) is 5.92 Å². The van der Waals surface area contributed by atoms with Gasteiger partial charge in [0.25, 0.3) is 0 Å². The molecule has 336 valence electrons. The van der Waals surface area contributed by atoms with Gasteiger partial charge in [-0.15, -0.1) is 0 Å². The van der Waals surface area contributed by atoms with E-state index in [2.05, 4.69) is 44.5 Å². The van der Waals surface area contributed by atoms with Crippen LogP contribution in [0.1, 0.15) is 63.1 Å². The summed E-state index contributed by atoms with van der Waals surface area (Å²) in [6, 6.07) is 13.1. The first-order valence-electron chi connectivity index (χ1n) is 20.5. The molecule has 0 saturated carbocycles. The Hall–Kier alpha value is -6.14. The minimum Gasteiger partial charge on any atom is -0.508 e. The van der Waals surface area contributed by atoms with Crippen LogP contribution in [-0.4, -0.2) is 105 Å². The highest BCUT2D eigenvalue weighted by atomic mass is 32.1. The minimum atomic E-state index is -1.40. The van der Waals surface area contributed by atoms with Crippen LogP contribution >= 0.6 is 12.6 Å². The number of phenols is 2. The van der Waals surface area contributed by atoms with Crippen molar-refractivity contribution in [3.05, 3.63) is 95.6 Å². The third-order valence-electron chi connectivity index (χ3n) is 10.2. The molecule has 0 aromatic heterocycles. The number of carbonyl (C=O) groups excluding carboxylic acids is 6. The zero-order valence-corrected chi connectivity index (χ0v) is 36.0. The molecule has 0 aliphatic rings. The molecule has 7 atom stereocenters. The summed E-state index contributed by atoms with van der Waals surface area (Å²) in [4.78, 5) is 93.6. The van der Waals surface area contributed by atoms with E-state index in [0.29, 0.717) is 36.0 Å². The van der Waals surface area contributed by atoms with Gasteiger partial charge < -0.3 is 53.0 Å². The van der Waals surface area contributed by atoms with Crippen molar-refractivity contribution in [2.24, 2.45) is 11.7 Å². The van der Waals surface area contributed by atoms with Crippen LogP contribution in [-0.2, 0) is 52.8 Å². The van der Waals surface area contributed by atoms with Gasteiger partial charge in [0.2, 0.25) is 35.4 Å². The topological polar surface area (TPSA) is 278 Å². The molecule has 11 N–H and O–H groups in total. The number of benzene rings is 3. The first-order valence-corrected chi connectivity index (χ1v) is 21.1. The maximum absolute atomic E-state index is 14.3. The van der Waals surface area contributed by atoms with Gasteiger partial charge in [0, 0.05) is 31.9 Å². The highest BCUT2D eigenvalue weighted by Crippen LogP contribution is 2.16. The van der Waals surface area contributed by atoms with E-state index >= 15 is 0 Å². The fraction of sp³-hybridized carbons (Fsp3) is 0.432. The van der Waals surface area contributed by atoms with Gasteiger partial charge in [0.05, 0.1) is 0 Å². The van der Waals surface area contributed by atoms with Crippen molar-refractivity contribution in [2.45, 2.75) is 102 Å². The highest BCUT2D eigenvalue weighted by Gasteiger charge is 2.35. The quantitative estimate of drug-likeness (QED) is 0.0426. The van der Waals surface area contributed by atoms with E-state index in [1.165, 1.54) is 43.3 Å². The fourth-order valence-corrected chi connectivity index (χ4v) is 6.70. The van der Waals surface area contributed by atoms with Crippen LogP contribution in [0.15, 0.2) is 78.9 Å². The Kier molecular flexibility index (Phi) is 20.7. The van der Waals surface area contributed by atoms with E-state index in [1.54, 1.807) is 49.4 Å². The standard InChI is InChI=1S/C44H59N7O10S/c1-4-26(2)38(51-42(58)37(25-62)46-27(3)52)43(59)49-35(23-29-13-17-31(53)18-14-29)40(56)47-33(12-8-9-21-45)39(55)48-34(22-28-10-6-5-7-11-28)41(57)50-36(44(60)61)24-30-15-19-32(54)20-16-30/h5-7,10-11,13-20,26,33-38,53-54,62H,4,8-9,12,21-25,45H2,1-3H3,(H,46,52)(H,47,56)(H,48,55)(H,49,59)(H,50,57)(H,51,58)(H,60,61)/t26-,33-,34-,35-,36-,37-,38-/m0/s1. The molecule has 0 radical (unpaired) electrons. The maximum Gasteiger partial charge on any atom is 0.326 e. The number of carboxylic acid groups (broad SMARTS) is 1. The molecule has 0 aliphatic heterocycles. The largest absolute Gasteiger partial charge is 0.508 e.